The van der Waals surface area contributed by atoms with Gasteiger partial charge in [0.15, 0.2) is 5.11 Å². The van der Waals surface area contributed by atoms with Crippen molar-refractivity contribution >= 4 is 41.1 Å². The van der Waals surface area contributed by atoms with Gasteiger partial charge in [-0.2, -0.15) is 0 Å². The molecule has 2 unspecified atom stereocenters. The van der Waals surface area contributed by atoms with Crippen LogP contribution in [0.1, 0.15) is 50.5 Å². The van der Waals surface area contributed by atoms with Gasteiger partial charge in [0.25, 0.3) is 0 Å². The largest absolute Gasteiger partial charge is 0.466 e. The first kappa shape index (κ1) is 28.5. The lowest BCUT2D eigenvalue weighted by atomic mass is 10.1. The number of aryl methyl sites for hydroxylation is 1. The number of nitrogens with zero attached hydrogens (tertiary/aromatic N) is 1. The fourth-order valence-electron chi connectivity index (χ4n) is 4.17. The molecule has 2 atom stereocenters. The lowest BCUT2D eigenvalue weighted by molar-refractivity contribution is -0.150. The molecule has 0 spiro atoms. The maximum absolute atomic E-state index is 12.4. The van der Waals surface area contributed by atoms with Crippen LogP contribution in [-0.2, 0) is 39.8 Å². The van der Waals surface area contributed by atoms with Crippen LogP contribution >= 0.6 is 12.2 Å². The quantitative estimate of drug-likeness (QED) is 0.234. The molecule has 2 amide bonds. The number of rotatable bonds is 12. The molecular formula is C26H35N3O7S. The number of esters is 2. The Morgan fingerprint density at radius 1 is 1.11 bits per heavy atom. The van der Waals surface area contributed by atoms with Gasteiger partial charge in [-0.3, -0.25) is 19.2 Å². The topological polar surface area (TPSA) is 123 Å². The summed E-state index contributed by atoms with van der Waals surface area (Å²) in [5.41, 5.74) is 1.19. The summed E-state index contributed by atoms with van der Waals surface area (Å²) in [7, 11) is 0. The lowest BCUT2D eigenvalue weighted by Gasteiger charge is -2.36. The highest BCUT2D eigenvalue weighted by molar-refractivity contribution is 7.80. The fraction of sp³-hybridized carbons (Fsp3) is 0.577. The maximum Gasteiger partial charge on any atom is 0.308 e. The van der Waals surface area contributed by atoms with Crippen molar-refractivity contribution in [3.8, 4) is 0 Å². The van der Waals surface area contributed by atoms with Crippen LogP contribution in [0.25, 0.3) is 0 Å². The molecule has 0 aromatic heterocycles. The van der Waals surface area contributed by atoms with E-state index in [9.17, 15) is 19.2 Å². The molecule has 0 bridgehead atoms. The predicted octanol–water partition coefficient (Wildman–Crippen LogP) is 1.65. The maximum atomic E-state index is 12.4. The molecule has 202 valence electrons. The van der Waals surface area contributed by atoms with Crippen molar-refractivity contribution in [3.63, 3.8) is 0 Å². The minimum Gasteiger partial charge on any atom is -0.466 e. The van der Waals surface area contributed by atoms with Gasteiger partial charge in [0.2, 0.25) is 11.8 Å². The summed E-state index contributed by atoms with van der Waals surface area (Å²) in [6.45, 7) is 1.84. The highest BCUT2D eigenvalue weighted by Gasteiger charge is 2.34. The van der Waals surface area contributed by atoms with E-state index in [1.165, 1.54) is 10.5 Å². The van der Waals surface area contributed by atoms with Gasteiger partial charge in [-0.25, -0.2) is 0 Å². The normalized spacial score (nSPS) is 19.1. The van der Waals surface area contributed by atoms with Crippen LogP contribution in [0.4, 0.5) is 0 Å². The average Bonchev–Trinajstić information content (AvgIpc) is 3.41. The molecule has 2 N–H and O–H groups in total. The van der Waals surface area contributed by atoms with E-state index in [2.05, 4.69) is 10.6 Å². The van der Waals surface area contributed by atoms with Gasteiger partial charge in [-0.15, -0.1) is 0 Å². The third-order valence-electron chi connectivity index (χ3n) is 6.15. The van der Waals surface area contributed by atoms with Crippen molar-refractivity contribution in [2.24, 2.45) is 0 Å². The van der Waals surface area contributed by atoms with E-state index in [-0.39, 0.29) is 54.9 Å². The minimum atomic E-state index is -0.871. The van der Waals surface area contributed by atoms with Gasteiger partial charge < -0.3 is 29.7 Å². The molecule has 2 fully saturated rings. The van der Waals surface area contributed by atoms with Crippen molar-refractivity contribution in [3.05, 3.63) is 35.9 Å². The molecular weight excluding hydrogens is 498 g/mol. The van der Waals surface area contributed by atoms with Crippen LogP contribution in [0.2, 0.25) is 0 Å². The zero-order valence-electron chi connectivity index (χ0n) is 20.9. The van der Waals surface area contributed by atoms with E-state index >= 15 is 0 Å². The smallest absolute Gasteiger partial charge is 0.308 e. The number of ether oxygens (including phenoxy) is 3. The molecule has 0 saturated carbocycles. The molecule has 3 rings (SSSR count). The summed E-state index contributed by atoms with van der Waals surface area (Å²) in [6.07, 6.45) is 3.55. The molecule has 2 aliphatic rings. The number of piperazine rings is 1. The van der Waals surface area contributed by atoms with Crippen molar-refractivity contribution in [2.45, 2.75) is 63.5 Å². The summed E-state index contributed by atoms with van der Waals surface area (Å²) in [4.78, 5) is 50.6. The van der Waals surface area contributed by atoms with Crippen LogP contribution in [0.3, 0.4) is 0 Å². The molecule has 10 nitrogen and oxygen atoms in total. The second-order valence-electron chi connectivity index (χ2n) is 9.04. The van der Waals surface area contributed by atoms with Crippen LogP contribution in [0, 0.1) is 0 Å². The number of carbonyl (C=O) groups excluding carboxylic acids is 4. The Kier molecular flexibility index (Phi) is 11.8. The number of thiocarbonyl (C=S) groups is 1. The number of amides is 2. The summed E-state index contributed by atoms with van der Waals surface area (Å²) in [5.74, 6) is -1.60. The Hall–Kier alpha value is -3.05. The fourth-order valence-corrected chi connectivity index (χ4v) is 4.50. The zero-order valence-corrected chi connectivity index (χ0v) is 21.8. The zero-order chi connectivity index (χ0) is 26.5. The van der Waals surface area contributed by atoms with Gasteiger partial charge in [0.1, 0.15) is 12.6 Å². The van der Waals surface area contributed by atoms with Crippen LogP contribution in [-0.4, -0.2) is 78.8 Å². The minimum absolute atomic E-state index is 0.0697. The van der Waals surface area contributed by atoms with Crippen LogP contribution in [0.5, 0.6) is 0 Å². The van der Waals surface area contributed by atoms with Crippen molar-refractivity contribution in [1.29, 1.82) is 0 Å². The van der Waals surface area contributed by atoms with Crippen LogP contribution < -0.4 is 10.6 Å². The standard InChI is InChI=1S/C26H35N3O7S/c30-22(11-4-12-23(31)35-16-5-9-19-7-2-1-3-8-19)28-26(37)29-14-13-27-25(33)21(29)17-24(32)36-18-20-10-6-15-34-20/h1-3,7-8,20-21H,4-6,9-18H2,(H,27,33)(H,28,30,37). The highest BCUT2D eigenvalue weighted by atomic mass is 32.1. The van der Waals surface area contributed by atoms with E-state index in [1.54, 1.807) is 0 Å². The van der Waals surface area contributed by atoms with E-state index in [4.69, 9.17) is 26.4 Å². The van der Waals surface area contributed by atoms with Gasteiger partial charge >= 0.3 is 11.9 Å². The van der Waals surface area contributed by atoms with E-state index in [1.807, 2.05) is 30.3 Å². The monoisotopic (exact) mass is 533 g/mol. The van der Waals surface area contributed by atoms with Gasteiger partial charge in [0, 0.05) is 32.5 Å². The molecule has 0 aliphatic carbocycles. The molecule has 2 aliphatic heterocycles. The summed E-state index contributed by atoms with van der Waals surface area (Å²) < 4.78 is 16.0. The van der Waals surface area contributed by atoms with Gasteiger partial charge in [0.05, 0.1) is 19.1 Å². The molecule has 2 heterocycles. The SMILES string of the molecule is O=C(CCCC(=O)OCCCc1ccccc1)NC(=S)N1CCNC(=O)C1CC(=O)OCC1CCCO1. The van der Waals surface area contributed by atoms with Crippen molar-refractivity contribution in [1.82, 2.24) is 15.5 Å². The Morgan fingerprint density at radius 3 is 2.68 bits per heavy atom. The first-order chi connectivity index (χ1) is 17.9. The number of hydrogen-bond acceptors (Lipinski definition) is 8. The average molecular weight is 534 g/mol. The molecule has 37 heavy (non-hydrogen) atoms. The number of carbonyl (C=O) groups is 4. The lowest BCUT2D eigenvalue weighted by Crippen LogP contribution is -2.60. The van der Waals surface area contributed by atoms with E-state index in [0.29, 0.717) is 32.7 Å². The summed E-state index contributed by atoms with van der Waals surface area (Å²) >= 11 is 5.35. The predicted molar refractivity (Wildman–Crippen MR) is 138 cm³/mol. The second kappa shape index (κ2) is 15.3. The van der Waals surface area contributed by atoms with E-state index in [0.717, 1.165) is 25.7 Å². The Labute approximate surface area is 222 Å². The number of hydrogen-bond donors (Lipinski definition) is 2. The Bertz CT molecular complexity index is 937. The summed E-state index contributed by atoms with van der Waals surface area (Å²) in [5, 5.41) is 5.39. The van der Waals surface area contributed by atoms with Crippen molar-refractivity contribution in [2.75, 3.05) is 32.9 Å². The second-order valence-corrected chi connectivity index (χ2v) is 9.43. The first-order valence-corrected chi connectivity index (χ1v) is 13.2. The van der Waals surface area contributed by atoms with E-state index < -0.39 is 12.0 Å². The molecule has 2 saturated heterocycles. The van der Waals surface area contributed by atoms with Gasteiger partial charge in [-0.05, 0) is 49.9 Å². The van der Waals surface area contributed by atoms with Gasteiger partial charge in [-0.1, -0.05) is 30.3 Å². The third-order valence-corrected chi connectivity index (χ3v) is 6.49. The first-order valence-electron chi connectivity index (χ1n) is 12.8. The molecule has 0 radical (unpaired) electrons. The third kappa shape index (κ3) is 10.1. The molecule has 1 aromatic carbocycles. The number of nitrogens with one attached hydrogen (secondary N) is 2. The Morgan fingerprint density at radius 2 is 1.92 bits per heavy atom. The van der Waals surface area contributed by atoms with Crippen molar-refractivity contribution < 1.29 is 33.4 Å². The Balaban J connectivity index is 1.33. The van der Waals surface area contributed by atoms with Crippen LogP contribution in [0.15, 0.2) is 30.3 Å². The molecule has 11 heteroatoms. The highest BCUT2D eigenvalue weighted by Crippen LogP contribution is 2.14. The molecule has 1 aromatic rings. The summed E-state index contributed by atoms with van der Waals surface area (Å²) in [6, 6.07) is 9.09. The number of benzene rings is 1.